The van der Waals surface area contributed by atoms with Crippen LogP contribution in [0.25, 0.3) is 6.08 Å². The van der Waals surface area contributed by atoms with Crippen LogP contribution in [0, 0.1) is 17.2 Å². The van der Waals surface area contributed by atoms with Gasteiger partial charge in [-0.15, -0.1) is 0 Å². The van der Waals surface area contributed by atoms with E-state index in [1.54, 1.807) is 6.08 Å². The minimum atomic E-state index is -0.542. The van der Waals surface area contributed by atoms with E-state index in [-0.39, 0.29) is 5.57 Å². The van der Waals surface area contributed by atoms with Crippen LogP contribution in [0.1, 0.15) is 45.1 Å². The van der Waals surface area contributed by atoms with E-state index in [0.717, 1.165) is 31.2 Å². The van der Waals surface area contributed by atoms with E-state index < -0.39 is 5.97 Å². The molecule has 0 radical (unpaired) electrons. The van der Waals surface area contributed by atoms with Crippen LogP contribution < -0.4 is 0 Å². The standard InChI is InChI=1S/C20H25NO2/c1-3-5-10-17(4-2)16-23-20(22)19(15-21)14-9-13-18-11-7-6-8-12-18/h6-9,11-14,17H,3-5,10,16H2,1-2H3/b13-9-,19-14-/t17-/m0/s1. The fourth-order valence-electron chi connectivity index (χ4n) is 2.14. The number of unbranched alkanes of at least 4 members (excludes halogenated alkanes) is 1. The number of benzene rings is 1. The second-order valence-electron chi connectivity index (χ2n) is 5.48. The van der Waals surface area contributed by atoms with Gasteiger partial charge in [0.2, 0.25) is 0 Å². The highest BCUT2D eigenvalue weighted by atomic mass is 16.5. The highest BCUT2D eigenvalue weighted by molar-refractivity contribution is 5.93. The molecule has 0 aromatic heterocycles. The Kier molecular flexibility index (Phi) is 9.16. The van der Waals surface area contributed by atoms with Crippen molar-refractivity contribution in [2.75, 3.05) is 6.61 Å². The van der Waals surface area contributed by atoms with Crippen molar-refractivity contribution in [2.45, 2.75) is 39.5 Å². The molecule has 0 saturated carbocycles. The largest absolute Gasteiger partial charge is 0.461 e. The Hall–Kier alpha value is -2.34. The second kappa shape index (κ2) is 11.3. The number of hydrogen-bond donors (Lipinski definition) is 0. The molecule has 0 bridgehead atoms. The third-order valence-corrected chi connectivity index (χ3v) is 3.68. The van der Waals surface area contributed by atoms with Crippen LogP contribution in [0.3, 0.4) is 0 Å². The summed E-state index contributed by atoms with van der Waals surface area (Å²) in [4.78, 5) is 12.0. The maximum absolute atomic E-state index is 12.0. The van der Waals surface area contributed by atoms with Crippen molar-refractivity contribution in [2.24, 2.45) is 5.92 Å². The molecule has 0 unspecified atom stereocenters. The molecule has 0 aliphatic rings. The van der Waals surface area contributed by atoms with Gasteiger partial charge in [0.25, 0.3) is 0 Å². The van der Waals surface area contributed by atoms with E-state index in [0.29, 0.717) is 12.5 Å². The fourth-order valence-corrected chi connectivity index (χ4v) is 2.14. The molecule has 3 nitrogen and oxygen atoms in total. The molecule has 0 spiro atoms. The summed E-state index contributed by atoms with van der Waals surface area (Å²) in [6.45, 7) is 4.63. The topological polar surface area (TPSA) is 50.1 Å². The SMILES string of the molecule is CCCC[C@H](CC)COC(=O)/C(C#N)=C\C=C/c1ccccc1. The number of nitrogens with zero attached hydrogens (tertiary/aromatic N) is 1. The Labute approximate surface area is 139 Å². The second-order valence-corrected chi connectivity index (χ2v) is 5.48. The lowest BCUT2D eigenvalue weighted by Crippen LogP contribution is -2.14. The van der Waals surface area contributed by atoms with E-state index >= 15 is 0 Å². The van der Waals surface area contributed by atoms with Gasteiger partial charge in [0.1, 0.15) is 11.6 Å². The number of carbonyl (C=O) groups excluding carboxylic acids is 1. The van der Waals surface area contributed by atoms with Gasteiger partial charge >= 0.3 is 5.97 Å². The molecule has 0 aliphatic carbocycles. The monoisotopic (exact) mass is 311 g/mol. The van der Waals surface area contributed by atoms with Crippen molar-refractivity contribution in [3.63, 3.8) is 0 Å². The number of esters is 1. The summed E-state index contributed by atoms with van der Waals surface area (Å²) in [6, 6.07) is 11.6. The molecule has 0 N–H and O–H groups in total. The third kappa shape index (κ3) is 7.46. The first kappa shape index (κ1) is 18.7. The molecular weight excluding hydrogens is 286 g/mol. The first-order chi connectivity index (χ1) is 11.2. The lowest BCUT2D eigenvalue weighted by Gasteiger charge is -2.14. The molecule has 1 atom stereocenters. The maximum atomic E-state index is 12.0. The molecule has 0 fully saturated rings. The number of allylic oxidation sites excluding steroid dienone is 2. The van der Waals surface area contributed by atoms with Crippen LogP contribution in [0.15, 0.2) is 48.1 Å². The van der Waals surface area contributed by atoms with Crippen LogP contribution in [0.5, 0.6) is 0 Å². The Morgan fingerprint density at radius 2 is 2.04 bits per heavy atom. The average molecular weight is 311 g/mol. The van der Waals surface area contributed by atoms with Crippen LogP contribution in [0.4, 0.5) is 0 Å². The van der Waals surface area contributed by atoms with Crippen molar-refractivity contribution in [1.29, 1.82) is 5.26 Å². The summed E-state index contributed by atoms with van der Waals surface area (Å²) in [5.41, 5.74) is 1.04. The summed E-state index contributed by atoms with van der Waals surface area (Å²) in [6.07, 6.45) is 9.36. The molecule has 23 heavy (non-hydrogen) atoms. The predicted octanol–water partition coefficient (Wildman–Crippen LogP) is 4.91. The zero-order valence-electron chi connectivity index (χ0n) is 14.0. The number of hydrogen-bond acceptors (Lipinski definition) is 3. The number of carbonyl (C=O) groups is 1. The van der Waals surface area contributed by atoms with Crippen molar-refractivity contribution in [1.82, 2.24) is 0 Å². The molecule has 1 aromatic carbocycles. The Balaban J connectivity index is 2.56. The average Bonchev–Trinajstić information content (AvgIpc) is 2.59. The molecule has 0 heterocycles. The lowest BCUT2D eigenvalue weighted by molar-refractivity contribution is -0.140. The first-order valence-corrected chi connectivity index (χ1v) is 8.21. The molecule has 122 valence electrons. The highest BCUT2D eigenvalue weighted by Crippen LogP contribution is 2.13. The number of rotatable bonds is 9. The molecule has 0 saturated heterocycles. The third-order valence-electron chi connectivity index (χ3n) is 3.68. The van der Waals surface area contributed by atoms with Gasteiger partial charge in [-0.1, -0.05) is 75.6 Å². The fraction of sp³-hybridized carbons (Fsp3) is 0.400. The maximum Gasteiger partial charge on any atom is 0.348 e. The zero-order chi connectivity index (χ0) is 16.9. The van der Waals surface area contributed by atoms with E-state index in [1.807, 2.05) is 42.5 Å². The Bertz CT molecular complexity index is 567. The Morgan fingerprint density at radius 3 is 2.65 bits per heavy atom. The van der Waals surface area contributed by atoms with E-state index in [1.165, 1.54) is 6.08 Å². The molecule has 3 heteroatoms. The van der Waals surface area contributed by atoms with E-state index in [2.05, 4.69) is 13.8 Å². The molecule has 0 aliphatic heterocycles. The van der Waals surface area contributed by atoms with Gasteiger partial charge in [0, 0.05) is 0 Å². The summed E-state index contributed by atoms with van der Waals surface area (Å²) < 4.78 is 5.28. The minimum Gasteiger partial charge on any atom is -0.461 e. The van der Waals surface area contributed by atoms with Gasteiger partial charge in [0.05, 0.1) is 6.61 Å². The van der Waals surface area contributed by atoms with Gasteiger partial charge in [-0.2, -0.15) is 5.26 Å². The quantitative estimate of drug-likeness (QED) is 0.282. The van der Waals surface area contributed by atoms with Crippen LogP contribution in [0.2, 0.25) is 0 Å². The van der Waals surface area contributed by atoms with Gasteiger partial charge in [-0.25, -0.2) is 4.79 Å². The molecule has 1 rings (SSSR count). The first-order valence-electron chi connectivity index (χ1n) is 8.21. The molecule has 0 amide bonds. The van der Waals surface area contributed by atoms with Gasteiger partial charge in [0.15, 0.2) is 0 Å². The predicted molar refractivity (Wildman–Crippen MR) is 93.4 cm³/mol. The smallest absolute Gasteiger partial charge is 0.348 e. The van der Waals surface area contributed by atoms with Gasteiger partial charge in [-0.3, -0.25) is 0 Å². The number of ether oxygens (including phenoxy) is 1. The van der Waals surface area contributed by atoms with Crippen LogP contribution in [-0.2, 0) is 9.53 Å². The van der Waals surface area contributed by atoms with Gasteiger partial charge < -0.3 is 4.74 Å². The van der Waals surface area contributed by atoms with E-state index in [9.17, 15) is 4.79 Å². The van der Waals surface area contributed by atoms with Crippen LogP contribution >= 0.6 is 0 Å². The van der Waals surface area contributed by atoms with Gasteiger partial charge in [-0.05, 0) is 24.0 Å². The lowest BCUT2D eigenvalue weighted by atomic mass is 10.0. The molecular formula is C20H25NO2. The zero-order valence-corrected chi connectivity index (χ0v) is 14.0. The van der Waals surface area contributed by atoms with Crippen LogP contribution in [-0.4, -0.2) is 12.6 Å². The summed E-state index contributed by atoms with van der Waals surface area (Å²) in [5, 5.41) is 9.10. The highest BCUT2D eigenvalue weighted by Gasteiger charge is 2.13. The minimum absolute atomic E-state index is 0.0301. The van der Waals surface area contributed by atoms with Crippen molar-refractivity contribution in [3.05, 3.63) is 53.6 Å². The summed E-state index contributed by atoms with van der Waals surface area (Å²) in [7, 11) is 0. The normalized spacial score (nSPS) is 12.8. The van der Waals surface area contributed by atoms with Crippen molar-refractivity contribution < 1.29 is 9.53 Å². The molecule has 1 aromatic rings. The summed E-state index contributed by atoms with van der Waals surface area (Å²) >= 11 is 0. The van der Waals surface area contributed by atoms with E-state index in [4.69, 9.17) is 10.00 Å². The van der Waals surface area contributed by atoms with Crippen molar-refractivity contribution >= 4 is 12.0 Å². The van der Waals surface area contributed by atoms with Crippen molar-refractivity contribution in [3.8, 4) is 6.07 Å². The summed E-state index contributed by atoms with van der Waals surface area (Å²) in [5.74, 6) is -0.168. The Morgan fingerprint density at radius 1 is 1.30 bits per heavy atom. The number of nitriles is 1.